The van der Waals surface area contributed by atoms with Crippen LogP contribution in [0.5, 0.6) is 11.5 Å². The molecule has 28 heavy (non-hydrogen) atoms. The Labute approximate surface area is 159 Å². The van der Waals surface area contributed by atoms with E-state index in [2.05, 4.69) is 15.5 Å². The summed E-state index contributed by atoms with van der Waals surface area (Å²) >= 11 is 0. The predicted octanol–water partition coefficient (Wildman–Crippen LogP) is 2.60. The Kier molecular flexibility index (Phi) is 5.58. The minimum atomic E-state index is -0.730. The second-order valence-electron chi connectivity index (χ2n) is 5.50. The number of furan rings is 1. The van der Waals surface area contributed by atoms with E-state index < -0.39 is 11.9 Å². The highest BCUT2D eigenvalue weighted by Crippen LogP contribution is 2.34. The van der Waals surface area contributed by atoms with Crippen LogP contribution in [0.25, 0.3) is 0 Å². The first-order valence-electron chi connectivity index (χ1n) is 8.09. The lowest BCUT2D eigenvalue weighted by Gasteiger charge is -2.14. The number of nitrogens with one attached hydrogen (secondary N) is 1. The van der Waals surface area contributed by atoms with Crippen molar-refractivity contribution in [2.24, 2.45) is 0 Å². The maximum absolute atomic E-state index is 12.6. The van der Waals surface area contributed by atoms with Gasteiger partial charge in [-0.05, 0) is 19.1 Å². The molecule has 0 atom stereocenters. The maximum Gasteiger partial charge on any atom is 0.340 e. The number of methoxy groups -OCH3 is 2. The van der Waals surface area contributed by atoms with Crippen LogP contribution in [0.15, 0.2) is 39.5 Å². The summed E-state index contributed by atoms with van der Waals surface area (Å²) in [6.45, 7) is 1.42. The van der Waals surface area contributed by atoms with Crippen molar-refractivity contribution >= 4 is 17.6 Å². The number of ether oxygens (including phenoxy) is 3. The van der Waals surface area contributed by atoms with Gasteiger partial charge in [0.1, 0.15) is 0 Å². The van der Waals surface area contributed by atoms with Gasteiger partial charge in [-0.2, -0.15) is 4.98 Å². The number of carbonyl (C=O) groups is 2. The third-order valence-corrected chi connectivity index (χ3v) is 3.63. The van der Waals surface area contributed by atoms with Crippen LogP contribution in [0.4, 0.5) is 5.69 Å². The number of anilines is 1. The molecule has 2 aromatic heterocycles. The average Bonchev–Trinajstić information content (AvgIpc) is 3.37. The lowest BCUT2D eigenvalue weighted by Crippen LogP contribution is -2.16. The summed E-state index contributed by atoms with van der Waals surface area (Å²) < 4.78 is 25.6. The van der Waals surface area contributed by atoms with Crippen molar-refractivity contribution in [1.82, 2.24) is 10.1 Å². The third kappa shape index (κ3) is 4.11. The van der Waals surface area contributed by atoms with Gasteiger partial charge in [0.15, 0.2) is 29.7 Å². The van der Waals surface area contributed by atoms with Crippen LogP contribution in [-0.4, -0.2) is 36.2 Å². The molecule has 0 saturated carbocycles. The maximum atomic E-state index is 12.6. The number of nitrogens with zero attached hydrogens (tertiary/aromatic N) is 2. The molecule has 0 fully saturated rings. The quantitative estimate of drug-likeness (QED) is 0.609. The second-order valence-corrected chi connectivity index (χ2v) is 5.50. The van der Waals surface area contributed by atoms with Crippen LogP contribution >= 0.6 is 0 Å². The van der Waals surface area contributed by atoms with Gasteiger partial charge in [-0.25, -0.2) is 4.79 Å². The zero-order valence-electron chi connectivity index (χ0n) is 15.3. The summed E-state index contributed by atoms with van der Waals surface area (Å²) in [5, 5.41) is 6.22. The summed E-state index contributed by atoms with van der Waals surface area (Å²) in [7, 11) is 2.86. The third-order valence-electron chi connectivity index (χ3n) is 3.63. The molecule has 0 unspecified atom stereocenters. The lowest BCUT2D eigenvalue weighted by molar-refractivity contribution is 0.0430. The summed E-state index contributed by atoms with van der Waals surface area (Å²) in [5.74, 6) is -0.0164. The Bertz CT molecular complexity index is 979. The smallest absolute Gasteiger partial charge is 0.340 e. The minimum absolute atomic E-state index is 0.0498. The molecule has 0 saturated heterocycles. The van der Waals surface area contributed by atoms with E-state index in [1.165, 1.54) is 38.7 Å². The first-order valence-corrected chi connectivity index (χ1v) is 8.09. The van der Waals surface area contributed by atoms with E-state index in [1.807, 2.05) is 0 Å². The van der Waals surface area contributed by atoms with Gasteiger partial charge in [0.05, 0.1) is 31.7 Å². The second kappa shape index (κ2) is 8.25. The van der Waals surface area contributed by atoms with Gasteiger partial charge in [-0.1, -0.05) is 5.16 Å². The lowest BCUT2D eigenvalue weighted by atomic mass is 10.1. The Morgan fingerprint density at radius 3 is 2.54 bits per heavy atom. The Morgan fingerprint density at radius 1 is 1.18 bits per heavy atom. The van der Waals surface area contributed by atoms with E-state index in [4.69, 9.17) is 23.2 Å². The molecule has 10 heteroatoms. The van der Waals surface area contributed by atoms with Crippen molar-refractivity contribution in [3.63, 3.8) is 0 Å². The number of hydrogen-bond acceptors (Lipinski definition) is 9. The zero-order valence-corrected chi connectivity index (χ0v) is 15.3. The van der Waals surface area contributed by atoms with Crippen LogP contribution in [0.3, 0.4) is 0 Å². The van der Waals surface area contributed by atoms with E-state index in [9.17, 15) is 9.59 Å². The summed E-state index contributed by atoms with van der Waals surface area (Å²) in [4.78, 5) is 28.9. The molecule has 3 rings (SSSR count). The van der Waals surface area contributed by atoms with Crippen LogP contribution < -0.4 is 14.8 Å². The van der Waals surface area contributed by atoms with Crippen molar-refractivity contribution < 1.29 is 32.7 Å². The van der Waals surface area contributed by atoms with Crippen LogP contribution in [-0.2, 0) is 11.3 Å². The molecule has 0 spiro atoms. The first-order chi connectivity index (χ1) is 13.5. The Hall–Kier alpha value is -3.82. The van der Waals surface area contributed by atoms with Gasteiger partial charge in [0, 0.05) is 12.1 Å². The fraction of sp³-hybridized carbons (Fsp3) is 0.222. The van der Waals surface area contributed by atoms with E-state index in [1.54, 1.807) is 13.0 Å². The van der Waals surface area contributed by atoms with Crippen molar-refractivity contribution in [2.45, 2.75) is 13.5 Å². The van der Waals surface area contributed by atoms with Crippen molar-refractivity contribution in [3.8, 4) is 11.5 Å². The van der Waals surface area contributed by atoms with Gasteiger partial charge in [0.25, 0.3) is 11.8 Å². The van der Waals surface area contributed by atoms with Gasteiger partial charge < -0.3 is 28.5 Å². The average molecular weight is 387 g/mol. The summed E-state index contributed by atoms with van der Waals surface area (Å²) in [6.07, 6.45) is 1.37. The molecular formula is C18H17N3O7. The molecule has 0 bridgehead atoms. The zero-order chi connectivity index (χ0) is 20.1. The van der Waals surface area contributed by atoms with Crippen molar-refractivity contribution in [1.29, 1.82) is 0 Å². The van der Waals surface area contributed by atoms with Crippen LogP contribution in [0.1, 0.15) is 32.6 Å². The molecule has 1 amide bonds. The normalized spacial score (nSPS) is 10.4. The topological polar surface area (TPSA) is 126 Å². The molecular weight excluding hydrogens is 370 g/mol. The molecule has 146 valence electrons. The standard InChI is InChI=1S/C18H17N3O7/c1-10-19-16(28-21-10)9-27-18(23)11-7-14(24-2)15(25-3)8-12(11)20-17(22)13-5-4-6-26-13/h4-8H,9H2,1-3H3,(H,20,22). The fourth-order valence-corrected chi connectivity index (χ4v) is 2.35. The summed E-state index contributed by atoms with van der Waals surface area (Å²) in [5.41, 5.74) is 0.208. The van der Waals surface area contributed by atoms with E-state index in [0.29, 0.717) is 17.3 Å². The van der Waals surface area contributed by atoms with E-state index in [-0.39, 0.29) is 29.5 Å². The number of aryl methyl sites for hydroxylation is 1. The molecule has 0 aliphatic carbocycles. The van der Waals surface area contributed by atoms with Crippen molar-refractivity contribution in [3.05, 3.63) is 53.6 Å². The number of hydrogen-bond donors (Lipinski definition) is 1. The van der Waals surface area contributed by atoms with Crippen LogP contribution in [0, 0.1) is 6.92 Å². The number of aromatic nitrogens is 2. The molecule has 0 aliphatic rings. The highest BCUT2D eigenvalue weighted by molar-refractivity contribution is 6.07. The number of benzene rings is 1. The van der Waals surface area contributed by atoms with E-state index in [0.717, 1.165) is 0 Å². The fourth-order valence-electron chi connectivity index (χ4n) is 2.35. The summed E-state index contributed by atoms with van der Waals surface area (Å²) in [6, 6.07) is 5.92. The molecule has 0 aliphatic heterocycles. The van der Waals surface area contributed by atoms with Gasteiger partial charge in [0.2, 0.25) is 0 Å². The molecule has 10 nitrogen and oxygen atoms in total. The van der Waals surface area contributed by atoms with Crippen molar-refractivity contribution in [2.75, 3.05) is 19.5 Å². The van der Waals surface area contributed by atoms with Gasteiger partial charge in [-0.15, -0.1) is 0 Å². The molecule has 0 radical (unpaired) electrons. The number of amides is 1. The Morgan fingerprint density at radius 2 is 1.93 bits per heavy atom. The highest BCUT2D eigenvalue weighted by atomic mass is 16.6. The minimum Gasteiger partial charge on any atom is -0.493 e. The molecule has 2 heterocycles. The first kappa shape index (κ1) is 19.0. The Balaban J connectivity index is 1.87. The number of esters is 1. The van der Waals surface area contributed by atoms with Gasteiger partial charge >= 0.3 is 5.97 Å². The monoisotopic (exact) mass is 387 g/mol. The molecule has 3 aromatic rings. The number of carbonyl (C=O) groups excluding carboxylic acids is 2. The SMILES string of the molecule is COc1cc(NC(=O)c2ccco2)c(C(=O)OCc2nc(C)no2)cc1OC. The van der Waals surface area contributed by atoms with E-state index >= 15 is 0 Å². The van der Waals surface area contributed by atoms with Gasteiger partial charge in [-0.3, -0.25) is 4.79 Å². The molecule has 1 aromatic carbocycles. The molecule has 1 N–H and O–H groups in total. The van der Waals surface area contributed by atoms with Crippen LogP contribution in [0.2, 0.25) is 0 Å². The number of rotatable bonds is 7. The highest BCUT2D eigenvalue weighted by Gasteiger charge is 2.21. The largest absolute Gasteiger partial charge is 0.493 e. The predicted molar refractivity (Wildman–Crippen MR) is 94.4 cm³/mol.